The number of hydrogen-bond acceptors (Lipinski definition) is 12. The Morgan fingerprint density at radius 1 is 0.471 bits per heavy atom. The van der Waals surface area contributed by atoms with Gasteiger partial charge in [-0.15, -0.1) is 0 Å². The molecule has 394 valence electrons. The molecule has 68 heavy (non-hydrogen) atoms. The smallest absolute Gasteiger partial charge is 0.338 e. The van der Waals surface area contributed by atoms with Gasteiger partial charge >= 0.3 is 23.9 Å². The number of rotatable bonds is 46. The average molecular weight is 961 g/mol. The molecule has 1 rings (SSSR count). The monoisotopic (exact) mass is 961 g/mol. The first-order valence-electron chi connectivity index (χ1n) is 27.4. The molecule has 0 aliphatic carbocycles. The molecule has 0 saturated heterocycles. The van der Waals surface area contributed by atoms with Gasteiger partial charge < -0.3 is 38.2 Å². The molecular formula is C56H100N2O10. The Hall–Kier alpha value is -3.38. The third-order valence-corrected chi connectivity index (χ3v) is 12.6. The molecule has 12 nitrogen and oxygen atoms in total. The van der Waals surface area contributed by atoms with Crippen molar-refractivity contribution >= 4 is 23.9 Å². The summed E-state index contributed by atoms with van der Waals surface area (Å²) in [5.41, 5.74) is 0.229. The SMILES string of the molecule is CCCCCCCC(CCCCCCC)OC(=O)CCCN(CCCC(=O)Oc1c(OC)cc(C(=O)OCCCN(C)C)cc1OC)CCCC(=O)OC(CCCCCCC)CCCCCCC. The van der Waals surface area contributed by atoms with Crippen LogP contribution in [0.4, 0.5) is 0 Å². The maximum atomic E-state index is 13.3. The summed E-state index contributed by atoms with van der Waals surface area (Å²) in [6.45, 7) is 11.8. The Balaban J connectivity index is 3.00. The highest BCUT2D eigenvalue weighted by Crippen LogP contribution is 2.39. The number of esters is 4. The molecule has 0 amide bonds. The fraction of sp³-hybridized carbons (Fsp3) is 0.821. The number of hydrogen-bond donors (Lipinski definition) is 0. The lowest BCUT2D eigenvalue weighted by Gasteiger charge is -2.23. The van der Waals surface area contributed by atoms with E-state index in [-0.39, 0.29) is 60.0 Å². The molecule has 0 aliphatic rings. The molecule has 0 heterocycles. The molecule has 1 aromatic rings. The molecule has 0 saturated carbocycles. The Bertz CT molecular complexity index is 1330. The molecule has 12 heteroatoms. The fourth-order valence-corrected chi connectivity index (χ4v) is 8.48. The van der Waals surface area contributed by atoms with E-state index in [0.29, 0.717) is 58.2 Å². The van der Waals surface area contributed by atoms with Crippen molar-refractivity contribution in [2.75, 3.05) is 61.1 Å². The number of carbonyl (C=O) groups excluding carboxylic acids is 4. The Kier molecular flexibility index (Phi) is 39.1. The van der Waals surface area contributed by atoms with Crippen LogP contribution in [0.25, 0.3) is 0 Å². The van der Waals surface area contributed by atoms with Gasteiger partial charge in [0, 0.05) is 25.8 Å². The standard InChI is InChI=1S/C56H100N2O10/c1-9-13-17-21-25-33-48(34-26-22-18-14-10-2)66-52(59)37-29-41-58(42-30-38-53(60)67-49(35-27-23-19-15-11-3)36-28-24-20-16-12-4)43-31-39-54(61)68-55-50(63-7)45-47(46-51(55)64-8)56(62)65-44-32-40-57(5)6/h45-46,48-49H,9-44H2,1-8H3. The molecule has 0 fully saturated rings. The molecule has 0 bridgehead atoms. The number of unbranched alkanes of at least 4 members (excludes halogenated alkanes) is 16. The van der Waals surface area contributed by atoms with Crippen molar-refractivity contribution in [2.45, 2.75) is 239 Å². The van der Waals surface area contributed by atoms with Crippen LogP contribution in [-0.2, 0) is 28.6 Å². The first-order chi connectivity index (χ1) is 33.0. The summed E-state index contributed by atoms with van der Waals surface area (Å²) in [6, 6.07) is 2.98. The molecule has 1 aromatic carbocycles. The quantitative estimate of drug-likeness (QED) is 0.0267. The highest BCUT2D eigenvalue weighted by Gasteiger charge is 2.22. The second-order valence-corrected chi connectivity index (χ2v) is 19.2. The summed E-state index contributed by atoms with van der Waals surface area (Å²) < 4.78 is 34.5. The molecule has 0 radical (unpaired) electrons. The first kappa shape index (κ1) is 62.6. The third kappa shape index (κ3) is 32.4. The van der Waals surface area contributed by atoms with Gasteiger partial charge in [-0.2, -0.15) is 0 Å². The third-order valence-electron chi connectivity index (χ3n) is 12.6. The predicted molar refractivity (Wildman–Crippen MR) is 276 cm³/mol. The van der Waals surface area contributed by atoms with E-state index in [1.165, 1.54) is 129 Å². The molecule has 0 unspecified atom stereocenters. The van der Waals surface area contributed by atoms with Gasteiger partial charge in [-0.05, 0) is 123 Å². The molecule has 0 N–H and O–H groups in total. The number of benzene rings is 1. The van der Waals surface area contributed by atoms with Gasteiger partial charge in [0.25, 0.3) is 0 Å². The maximum Gasteiger partial charge on any atom is 0.338 e. The van der Waals surface area contributed by atoms with Crippen LogP contribution in [0.3, 0.4) is 0 Å². The lowest BCUT2D eigenvalue weighted by atomic mass is 10.0. The van der Waals surface area contributed by atoms with Crippen LogP contribution in [0.2, 0.25) is 0 Å². The van der Waals surface area contributed by atoms with Gasteiger partial charge in [-0.3, -0.25) is 14.4 Å². The minimum absolute atomic E-state index is 0.0317. The van der Waals surface area contributed by atoms with E-state index in [9.17, 15) is 19.2 Å². The van der Waals surface area contributed by atoms with Gasteiger partial charge in [0.2, 0.25) is 5.75 Å². The van der Waals surface area contributed by atoms with E-state index in [0.717, 1.165) is 57.9 Å². The van der Waals surface area contributed by atoms with E-state index in [1.54, 1.807) is 0 Å². The van der Waals surface area contributed by atoms with Crippen molar-refractivity contribution in [1.29, 1.82) is 0 Å². The normalized spacial score (nSPS) is 11.5. The average Bonchev–Trinajstić information content (AvgIpc) is 3.31. The molecular weight excluding hydrogens is 861 g/mol. The van der Waals surface area contributed by atoms with Crippen LogP contribution >= 0.6 is 0 Å². The molecule has 0 aliphatic heterocycles. The van der Waals surface area contributed by atoms with Crippen LogP contribution < -0.4 is 14.2 Å². The molecule has 0 aromatic heterocycles. The van der Waals surface area contributed by atoms with E-state index >= 15 is 0 Å². The minimum Gasteiger partial charge on any atom is -0.493 e. The summed E-state index contributed by atoms with van der Waals surface area (Å²) in [7, 11) is 6.80. The summed E-state index contributed by atoms with van der Waals surface area (Å²) in [5, 5.41) is 0. The van der Waals surface area contributed by atoms with Gasteiger partial charge in [-0.1, -0.05) is 130 Å². The van der Waals surface area contributed by atoms with Crippen molar-refractivity contribution < 1.29 is 47.6 Å². The van der Waals surface area contributed by atoms with Gasteiger partial charge in [-0.25, -0.2) is 4.79 Å². The van der Waals surface area contributed by atoms with Crippen LogP contribution in [0.15, 0.2) is 12.1 Å². The number of nitrogens with zero attached hydrogens (tertiary/aromatic N) is 2. The van der Waals surface area contributed by atoms with E-state index < -0.39 is 11.9 Å². The van der Waals surface area contributed by atoms with Crippen LogP contribution in [-0.4, -0.2) is 107 Å². The topological polar surface area (TPSA) is 130 Å². The van der Waals surface area contributed by atoms with Crippen molar-refractivity contribution in [3.05, 3.63) is 17.7 Å². The summed E-state index contributed by atoms with van der Waals surface area (Å²) in [6.07, 6.45) is 30.5. The lowest BCUT2D eigenvalue weighted by molar-refractivity contribution is -0.150. The summed E-state index contributed by atoms with van der Waals surface area (Å²) in [5.74, 6) is -0.826. The highest BCUT2D eigenvalue weighted by molar-refractivity contribution is 5.91. The number of carbonyl (C=O) groups is 4. The fourth-order valence-electron chi connectivity index (χ4n) is 8.48. The van der Waals surface area contributed by atoms with Crippen molar-refractivity contribution in [3.63, 3.8) is 0 Å². The Morgan fingerprint density at radius 2 is 0.838 bits per heavy atom. The predicted octanol–water partition coefficient (Wildman–Crippen LogP) is 13.6. The van der Waals surface area contributed by atoms with Crippen molar-refractivity contribution in [3.8, 4) is 17.2 Å². The van der Waals surface area contributed by atoms with Crippen molar-refractivity contribution in [2.24, 2.45) is 0 Å². The lowest BCUT2D eigenvalue weighted by Crippen LogP contribution is -2.29. The zero-order valence-corrected chi connectivity index (χ0v) is 44.7. The van der Waals surface area contributed by atoms with Crippen LogP contribution in [0.1, 0.15) is 237 Å². The molecule has 0 atom stereocenters. The van der Waals surface area contributed by atoms with Gasteiger partial charge in [0.1, 0.15) is 12.2 Å². The van der Waals surface area contributed by atoms with Gasteiger partial charge in [0.05, 0.1) is 26.4 Å². The summed E-state index contributed by atoms with van der Waals surface area (Å²) in [4.78, 5) is 57.0. The van der Waals surface area contributed by atoms with Gasteiger partial charge in [0.15, 0.2) is 11.5 Å². The first-order valence-corrected chi connectivity index (χ1v) is 27.4. The minimum atomic E-state index is -0.522. The van der Waals surface area contributed by atoms with E-state index in [4.69, 9.17) is 28.4 Å². The van der Waals surface area contributed by atoms with Crippen molar-refractivity contribution in [1.82, 2.24) is 9.80 Å². The van der Waals surface area contributed by atoms with Crippen LogP contribution in [0, 0.1) is 0 Å². The Morgan fingerprint density at radius 3 is 1.19 bits per heavy atom. The van der Waals surface area contributed by atoms with E-state index in [2.05, 4.69) is 32.6 Å². The van der Waals surface area contributed by atoms with E-state index in [1.807, 2.05) is 19.0 Å². The zero-order valence-electron chi connectivity index (χ0n) is 44.7. The second kappa shape index (κ2) is 42.5. The van der Waals surface area contributed by atoms with Crippen LogP contribution in [0.5, 0.6) is 17.2 Å². The largest absolute Gasteiger partial charge is 0.493 e. The zero-order chi connectivity index (χ0) is 50.0. The number of methoxy groups -OCH3 is 2. The highest BCUT2D eigenvalue weighted by atomic mass is 16.6. The maximum absolute atomic E-state index is 13.3. The Labute approximate surface area is 415 Å². The number of ether oxygens (including phenoxy) is 6. The molecule has 0 spiro atoms. The summed E-state index contributed by atoms with van der Waals surface area (Å²) >= 11 is 0. The second-order valence-electron chi connectivity index (χ2n) is 19.2.